The van der Waals surface area contributed by atoms with Gasteiger partial charge in [-0.3, -0.25) is 14.7 Å². The zero-order chi connectivity index (χ0) is 15.6. The van der Waals surface area contributed by atoms with E-state index in [4.69, 9.17) is 0 Å². The normalized spacial score (nSPS) is 19.4. The predicted molar refractivity (Wildman–Crippen MR) is 80.7 cm³/mol. The summed E-state index contributed by atoms with van der Waals surface area (Å²) in [6.07, 6.45) is 1.67. The summed E-state index contributed by atoms with van der Waals surface area (Å²) in [7, 11) is 0. The lowest BCUT2D eigenvalue weighted by Crippen LogP contribution is -2.47. The number of anilines is 1. The van der Waals surface area contributed by atoms with E-state index in [0.717, 1.165) is 25.1 Å². The summed E-state index contributed by atoms with van der Waals surface area (Å²) in [6.45, 7) is 8.84. The van der Waals surface area contributed by atoms with Gasteiger partial charge in [0.05, 0.1) is 5.92 Å². The summed E-state index contributed by atoms with van der Waals surface area (Å²) in [6, 6.07) is 1.79. The van der Waals surface area contributed by atoms with E-state index in [1.165, 1.54) is 0 Å². The summed E-state index contributed by atoms with van der Waals surface area (Å²) >= 11 is 0. The standard InChI is InChI=1S/C15H24N4O2/c1-10-8-12(18-17-10)16-13(20)11-6-5-7-19(9-11)14(21)15(2,3)4/h8,11H,5-7,9H2,1-4H3,(H2,16,17,18,20). The molecule has 1 aliphatic heterocycles. The lowest BCUT2D eigenvalue weighted by molar-refractivity contribution is -0.142. The Morgan fingerprint density at radius 2 is 2.14 bits per heavy atom. The third kappa shape index (κ3) is 3.83. The zero-order valence-corrected chi connectivity index (χ0v) is 13.2. The van der Waals surface area contributed by atoms with E-state index in [2.05, 4.69) is 15.5 Å². The molecule has 2 N–H and O–H groups in total. The molecule has 1 aromatic heterocycles. The van der Waals surface area contributed by atoms with Crippen LogP contribution < -0.4 is 5.32 Å². The van der Waals surface area contributed by atoms with Crippen molar-refractivity contribution in [2.75, 3.05) is 18.4 Å². The summed E-state index contributed by atoms with van der Waals surface area (Å²) in [4.78, 5) is 26.4. The quantitative estimate of drug-likeness (QED) is 0.874. The number of carbonyl (C=O) groups is 2. The maximum atomic E-state index is 12.3. The number of amides is 2. The van der Waals surface area contributed by atoms with Gasteiger partial charge in [0.2, 0.25) is 11.8 Å². The molecular weight excluding hydrogens is 268 g/mol. The Kier molecular flexibility index (Phi) is 4.34. The van der Waals surface area contributed by atoms with Crippen LogP contribution in [0.1, 0.15) is 39.3 Å². The molecule has 2 heterocycles. The van der Waals surface area contributed by atoms with Crippen LogP contribution >= 0.6 is 0 Å². The molecule has 1 saturated heterocycles. The van der Waals surface area contributed by atoms with Crippen molar-refractivity contribution in [2.24, 2.45) is 11.3 Å². The fourth-order valence-corrected chi connectivity index (χ4v) is 2.56. The molecule has 0 saturated carbocycles. The molecule has 0 radical (unpaired) electrons. The van der Waals surface area contributed by atoms with Gasteiger partial charge in [-0.1, -0.05) is 20.8 Å². The second kappa shape index (κ2) is 5.87. The fourth-order valence-electron chi connectivity index (χ4n) is 2.56. The molecule has 1 aromatic rings. The van der Waals surface area contributed by atoms with Crippen molar-refractivity contribution in [1.29, 1.82) is 0 Å². The fraction of sp³-hybridized carbons (Fsp3) is 0.667. The molecule has 6 heteroatoms. The molecule has 1 aliphatic rings. The van der Waals surface area contributed by atoms with Crippen LogP contribution in [0.2, 0.25) is 0 Å². The van der Waals surface area contributed by atoms with E-state index in [1.807, 2.05) is 32.6 Å². The average Bonchev–Trinajstić information content (AvgIpc) is 2.82. The van der Waals surface area contributed by atoms with Crippen LogP contribution in [0.3, 0.4) is 0 Å². The highest BCUT2D eigenvalue weighted by Gasteiger charge is 2.33. The monoisotopic (exact) mass is 292 g/mol. The molecule has 116 valence electrons. The van der Waals surface area contributed by atoms with Gasteiger partial charge in [0, 0.05) is 30.3 Å². The Hall–Kier alpha value is -1.85. The third-order valence-electron chi connectivity index (χ3n) is 3.68. The molecule has 1 unspecified atom stereocenters. The number of rotatable bonds is 2. The second-order valence-electron chi connectivity index (χ2n) is 6.77. The van der Waals surface area contributed by atoms with E-state index in [-0.39, 0.29) is 17.7 Å². The first-order valence-electron chi connectivity index (χ1n) is 7.39. The van der Waals surface area contributed by atoms with Crippen molar-refractivity contribution in [2.45, 2.75) is 40.5 Å². The number of carbonyl (C=O) groups excluding carboxylic acids is 2. The number of aromatic nitrogens is 2. The lowest BCUT2D eigenvalue weighted by atomic mass is 9.91. The number of piperidine rings is 1. The van der Waals surface area contributed by atoms with Gasteiger partial charge in [0.1, 0.15) is 0 Å². The molecule has 1 fully saturated rings. The number of aryl methyl sites for hydroxylation is 1. The highest BCUT2D eigenvalue weighted by atomic mass is 16.2. The van der Waals surface area contributed by atoms with Crippen molar-refractivity contribution in [3.05, 3.63) is 11.8 Å². The maximum absolute atomic E-state index is 12.3. The van der Waals surface area contributed by atoms with Crippen LogP contribution in [0.5, 0.6) is 0 Å². The number of hydrogen-bond donors (Lipinski definition) is 2. The topological polar surface area (TPSA) is 78.1 Å². The molecule has 0 aliphatic carbocycles. The summed E-state index contributed by atoms with van der Waals surface area (Å²) in [5, 5.41) is 9.61. The first kappa shape index (κ1) is 15.5. The van der Waals surface area contributed by atoms with Crippen molar-refractivity contribution in [3.8, 4) is 0 Å². The summed E-state index contributed by atoms with van der Waals surface area (Å²) < 4.78 is 0. The van der Waals surface area contributed by atoms with Gasteiger partial charge in [-0.2, -0.15) is 5.10 Å². The van der Waals surface area contributed by atoms with Crippen LogP contribution in [-0.4, -0.2) is 40.0 Å². The van der Waals surface area contributed by atoms with Gasteiger partial charge in [0.15, 0.2) is 5.82 Å². The molecule has 2 rings (SSSR count). The number of nitrogens with one attached hydrogen (secondary N) is 2. The molecule has 6 nitrogen and oxygen atoms in total. The largest absolute Gasteiger partial charge is 0.341 e. The van der Waals surface area contributed by atoms with Crippen LogP contribution in [0.25, 0.3) is 0 Å². The number of aromatic amines is 1. The first-order valence-corrected chi connectivity index (χ1v) is 7.39. The summed E-state index contributed by atoms with van der Waals surface area (Å²) in [5.41, 5.74) is 0.496. The second-order valence-corrected chi connectivity index (χ2v) is 6.77. The lowest BCUT2D eigenvalue weighted by Gasteiger charge is -2.35. The molecular formula is C15H24N4O2. The van der Waals surface area contributed by atoms with Gasteiger partial charge < -0.3 is 10.2 Å². The van der Waals surface area contributed by atoms with Crippen molar-refractivity contribution in [3.63, 3.8) is 0 Å². The van der Waals surface area contributed by atoms with Gasteiger partial charge >= 0.3 is 0 Å². The van der Waals surface area contributed by atoms with Gasteiger partial charge in [-0.15, -0.1) is 0 Å². The number of likely N-dealkylation sites (tertiary alicyclic amines) is 1. The summed E-state index contributed by atoms with van der Waals surface area (Å²) in [5.74, 6) is 0.419. The van der Waals surface area contributed by atoms with Crippen molar-refractivity contribution >= 4 is 17.6 Å². The highest BCUT2D eigenvalue weighted by molar-refractivity contribution is 5.92. The van der Waals surface area contributed by atoms with Gasteiger partial charge in [0.25, 0.3) is 0 Å². The van der Waals surface area contributed by atoms with Crippen molar-refractivity contribution < 1.29 is 9.59 Å². The number of H-pyrrole nitrogens is 1. The number of hydrogen-bond acceptors (Lipinski definition) is 3. The molecule has 0 aromatic carbocycles. The third-order valence-corrected chi connectivity index (χ3v) is 3.68. The minimum absolute atomic E-state index is 0.0621. The Morgan fingerprint density at radius 1 is 1.43 bits per heavy atom. The molecule has 2 amide bonds. The van der Waals surface area contributed by atoms with Gasteiger partial charge in [-0.05, 0) is 19.8 Å². The van der Waals surface area contributed by atoms with Crippen LogP contribution in [0.4, 0.5) is 5.82 Å². The van der Waals surface area contributed by atoms with Crippen LogP contribution in [0.15, 0.2) is 6.07 Å². The Morgan fingerprint density at radius 3 is 2.71 bits per heavy atom. The highest BCUT2D eigenvalue weighted by Crippen LogP contribution is 2.24. The van der Waals surface area contributed by atoms with E-state index >= 15 is 0 Å². The van der Waals surface area contributed by atoms with Crippen LogP contribution in [-0.2, 0) is 9.59 Å². The van der Waals surface area contributed by atoms with E-state index < -0.39 is 5.41 Å². The van der Waals surface area contributed by atoms with Gasteiger partial charge in [-0.25, -0.2) is 0 Å². The Balaban J connectivity index is 1.97. The van der Waals surface area contributed by atoms with E-state index in [0.29, 0.717) is 12.4 Å². The molecule has 1 atom stereocenters. The maximum Gasteiger partial charge on any atom is 0.230 e. The SMILES string of the molecule is Cc1cc(NC(=O)C2CCCN(C(=O)C(C)(C)C)C2)n[nH]1. The van der Waals surface area contributed by atoms with E-state index in [9.17, 15) is 9.59 Å². The predicted octanol–water partition coefficient (Wildman–Crippen LogP) is 1.94. The van der Waals surface area contributed by atoms with Crippen LogP contribution in [0, 0.1) is 18.3 Å². The Labute approximate surface area is 125 Å². The molecule has 0 bridgehead atoms. The molecule has 0 spiro atoms. The molecule has 21 heavy (non-hydrogen) atoms. The first-order chi connectivity index (χ1) is 9.77. The average molecular weight is 292 g/mol. The number of nitrogens with zero attached hydrogens (tertiary/aromatic N) is 2. The van der Waals surface area contributed by atoms with Crippen molar-refractivity contribution in [1.82, 2.24) is 15.1 Å². The smallest absolute Gasteiger partial charge is 0.230 e. The zero-order valence-electron chi connectivity index (χ0n) is 13.2. The van der Waals surface area contributed by atoms with E-state index in [1.54, 1.807) is 6.07 Å². The minimum Gasteiger partial charge on any atom is -0.341 e. The Bertz CT molecular complexity index is 530. The minimum atomic E-state index is -0.405.